The minimum atomic E-state index is -0.433. The van der Waals surface area contributed by atoms with Gasteiger partial charge < -0.3 is 10.4 Å². The van der Waals surface area contributed by atoms with Crippen molar-refractivity contribution < 1.29 is 5.11 Å². The summed E-state index contributed by atoms with van der Waals surface area (Å²) < 4.78 is 0. The van der Waals surface area contributed by atoms with Gasteiger partial charge in [-0.15, -0.1) is 0 Å². The van der Waals surface area contributed by atoms with Crippen molar-refractivity contribution in [3.05, 3.63) is 34.9 Å². The van der Waals surface area contributed by atoms with Crippen molar-refractivity contribution >= 4 is 0 Å². The van der Waals surface area contributed by atoms with Crippen LogP contribution < -0.4 is 5.32 Å². The van der Waals surface area contributed by atoms with Crippen LogP contribution in [-0.4, -0.2) is 17.2 Å². The van der Waals surface area contributed by atoms with E-state index in [1.54, 1.807) is 0 Å². The van der Waals surface area contributed by atoms with Gasteiger partial charge in [0.25, 0.3) is 0 Å². The highest BCUT2D eigenvalue weighted by Crippen LogP contribution is 2.17. The molecule has 2 heteroatoms. The second-order valence-electron chi connectivity index (χ2n) is 5.57. The zero-order valence-corrected chi connectivity index (χ0v) is 11.0. The quantitative estimate of drug-likeness (QED) is 0.822. The van der Waals surface area contributed by atoms with Crippen LogP contribution >= 0.6 is 0 Å². The molecular weight excluding hydrogens is 198 g/mol. The Bertz CT molecular complexity index is 332. The first-order valence-corrected chi connectivity index (χ1v) is 5.79. The summed E-state index contributed by atoms with van der Waals surface area (Å²) in [5.41, 5.74) is 3.43. The Balaban J connectivity index is 2.69. The van der Waals surface area contributed by atoms with Crippen molar-refractivity contribution in [1.29, 1.82) is 0 Å². The third-order valence-corrected chi connectivity index (χ3v) is 2.45. The summed E-state index contributed by atoms with van der Waals surface area (Å²) in [7, 11) is 0. The van der Waals surface area contributed by atoms with Gasteiger partial charge in [-0.1, -0.05) is 29.3 Å². The predicted molar refractivity (Wildman–Crippen MR) is 68.6 cm³/mol. The summed E-state index contributed by atoms with van der Waals surface area (Å²) in [6, 6.07) is 6.21. The monoisotopic (exact) mass is 221 g/mol. The van der Waals surface area contributed by atoms with Gasteiger partial charge in [0.15, 0.2) is 0 Å². The second kappa shape index (κ2) is 4.98. The highest BCUT2D eigenvalue weighted by atomic mass is 16.3. The lowest BCUT2D eigenvalue weighted by Gasteiger charge is -2.23. The van der Waals surface area contributed by atoms with E-state index in [2.05, 4.69) is 46.0 Å². The van der Waals surface area contributed by atoms with Gasteiger partial charge in [0.05, 0.1) is 6.10 Å². The molecule has 1 unspecified atom stereocenters. The summed E-state index contributed by atoms with van der Waals surface area (Å²) in [6.45, 7) is 11.0. The van der Waals surface area contributed by atoms with Gasteiger partial charge in [0.2, 0.25) is 0 Å². The van der Waals surface area contributed by atoms with Gasteiger partial charge in [-0.3, -0.25) is 0 Å². The Morgan fingerprint density at radius 1 is 1.12 bits per heavy atom. The summed E-state index contributed by atoms with van der Waals surface area (Å²) in [6.07, 6.45) is -0.433. The molecule has 0 aliphatic heterocycles. The van der Waals surface area contributed by atoms with E-state index in [1.807, 2.05) is 12.1 Å². The molecule has 0 amide bonds. The minimum Gasteiger partial charge on any atom is -0.387 e. The maximum absolute atomic E-state index is 10.1. The fourth-order valence-electron chi connectivity index (χ4n) is 1.72. The number of β-amino-alcohol motifs (C(OH)–C–C–N with tert-alkyl or cyclic N) is 1. The van der Waals surface area contributed by atoms with Crippen LogP contribution in [0.3, 0.4) is 0 Å². The summed E-state index contributed by atoms with van der Waals surface area (Å²) in [5, 5.41) is 13.4. The SMILES string of the molecule is Cc1cc(C)cc(C(O)CNC(C)(C)C)c1. The third kappa shape index (κ3) is 4.33. The van der Waals surface area contributed by atoms with Crippen LogP contribution in [0.4, 0.5) is 0 Å². The smallest absolute Gasteiger partial charge is 0.0914 e. The highest BCUT2D eigenvalue weighted by Gasteiger charge is 2.13. The number of benzene rings is 1. The molecule has 16 heavy (non-hydrogen) atoms. The number of rotatable bonds is 3. The number of hydrogen-bond donors (Lipinski definition) is 2. The molecule has 0 heterocycles. The summed E-state index contributed by atoms with van der Waals surface area (Å²) >= 11 is 0. The Kier molecular flexibility index (Phi) is 4.11. The lowest BCUT2D eigenvalue weighted by atomic mass is 10.0. The largest absolute Gasteiger partial charge is 0.387 e. The summed E-state index contributed by atoms with van der Waals surface area (Å²) in [4.78, 5) is 0. The van der Waals surface area contributed by atoms with Gasteiger partial charge in [0, 0.05) is 12.1 Å². The topological polar surface area (TPSA) is 32.3 Å². The lowest BCUT2D eigenvalue weighted by molar-refractivity contribution is 0.163. The minimum absolute atomic E-state index is 0.0415. The maximum atomic E-state index is 10.1. The Morgan fingerprint density at radius 2 is 1.62 bits per heavy atom. The van der Waals surface area contributed by atoms with Gasteiger partial charge in [-0.25, -0.2) is 0 Å². The lowest BCUT2D eigenvalue weighted by Crippen LogP contribution is -2.38. The van der Waals surface area contributed by atoms with Gasteiger partial charge in [-0.05, 0) is 40.2 Å². The van der Waals surface area contributed by atoms with Crippen LogP contribution in [0.15, 0.2) is 18.2 Å². The molecule has 0 saturated heterocycles. The molecule has 2 nitrogen and oxygen atoms in total. The average Bonchev–Trinajstić information content (AvgIpc) is 2.11. The van der Waals surface area contributed by atoms with Gasteiger partial charge in [0.1, 0.15) is 0 Å². The molecule has 0 saturated carbocycles. The molecule has 1 aromatic carbocycles. The first-order valence-electron chi connectivity index (χ1n) is 5.79. The van der Waals surface area contributed by atoms with Crippen molar-refractivity contribution in [3.8, 4) is 0 Å². The molecular formula is C14H23NO. The number of aliphatic hydroxyl groups excluding tert-OH is 1. The average molecular weight is 221 g/mol. The molecule has 1 aromatic rings. The van der Waals surface area contributed by atoms with E-state index >= 15 is 0 Å². The van der Waals surface area contributed by atoms with Gasteiger partial charge >= 0.3 is 0 Å². The Labute approximate surface area is 98.7 Å². The van der Waals surface area contributed by atoms with Crippen LogP contribution in [0.25, 0.3) is 0 Å². The van der Waals surface area contributed by atoms with Crippen molar-refractivity contribution in [2.75, 3.05) is 6.54 Å². The van der Waals surface area contributed by atoms with E-state index in [-0.39, 0.29) is 5.54 Å². The van der Waals surface area contributed by atoms with Crippen LogP contribution in [0.1, 0.15) is 43.6 Å². The standard InChI is InChI=1S/C14H23NO/c1-10-6-11(2)8-12(7-10)13(16)9-15-14(3,4)5/h6-8,13,15-16H,9H2,1-5H3. The first kappa shape index (κ1) is 13.2. The zero-order valence-electron chi connectivity index (χ0n) is 11.0. The fraction of sp³-hybridized carbons (Fsp3) is 0.571. The van der Waals surface area contributed by atoms with Gasteiger partial charge in [-0.2, -0.15) is 0 Å². The molecule has 0 spiro atoms. The van der Waals surface area contributed by atoms with E-state index in [4.69, 9.17) is 0 Å². The molecule has 1 atom stereocenters. The predicted octanol–water partition coefficient (Wildman–Crippen LogP) is 2.72. The molecule has 0 radical (unpaired) electrons. The van der Waals surface area contributed by atoms with Crippen LogP contribution in [0.5, 0.6) is 0 Å². The molecule has 1 rings (SSSR count). The third-order valence-electron chi connectivity index (χ3n) is 2.45. The molecule has 2 N–H and O–H groups in total. The van der Waals surface area contributed by atoms with E-state index < -0.39 is 6.10 Å². The van der Waals surface area contributed by atoms with Crippen molar-refractivity contribution in [2.24, 2.45) is 0 Å². The van der Waals surface area contributed by atoms with E-state index in [9.17, 15) is 5.11 Å². The van der Waals surface area contributed by atoms with Crippen molar-refractivity contribution in [1.82, 2.24) is 5.32 Å². The number of nitrogens with one attached hydrogen (secondary N) is 1. The van der Waals surface area contributed by atoms with E-state index in [1.165, 1.54) is 11.1 Å². The fourth-order valence-corrected chi connectivity index (χ4v) is 1.72. The number of hydrogen-bond acceptors (Lipinski definition) is 2. The van der Waals surface area contributed by atoms with Crippen molar-refractivity contribution in [2.45, 2.75) is 46.3 Å². The van der Waals surface area contributed by atoms with Crippen LogP contribution in [0, 0.1) is 13.8 Å². The number of aliphatic hydroxyl groups is 1. The molecule has 0 aliphatic carbocycles. The van der Waals surface area contributed by atoms with E-state index in [0.29, 0.717) is 6.54 Å². The molecule has 90 valence electrons. The molecule has 0 aliphatic rings. The Hall–Kier alpha value is -0.860. The Morgan fingerprint density at radius 3 is 2.06 bits per heavy atom. The molecule has 0 bridgehead atoms. The first-order chi connectivity index (χ1) is 7.28. The normalized spacial score (nSPS) is 13.9. The molecule has 0 fully saturated rings. The van der Waals surface area contributed by atoms with Crippen molar-refractivity contribution in [3.63, 3.8) is 0 Å². The molecule has 0 aromatic heterocycles. The van der Waals surface area contributed by atoms with E-state index in [0.717, 1.165) is 5.56 Å². The maximum Gasteiger partial charge on any atom is 0.0914 e. The highest BCUT2D eigenvalue weighted by molar-refractivity contribution is 5.30. The number of aryl methyl sites for hydroxylation is 2. The van der Waals surface area contributed by atoms with Crippen LogP contribution in [-0.2, 0) is 0 Å². The second-order valence-corrected chi connectivity index (χ2v) is 5.57. The summed E-state index contributed by atoms with van der Waals surface area (Å²) in [5.74, 6) is 0. The van der Waals surface area contributed by atoms with Crippen LogP contribution in [0.2, 0.25) is 0 Å². The zero-order chi connectivity index (χ0) is 12.3.